The first kappa shape index (κ1) is 21.7. The number of likely N-dealkylation sites (tertiary alicyclic amines) is 1. The van der Waals surface area contributed by atoms with Crippen molar-refractivity contribution in [3.05, 3.63) is 11.8 Å². The number of nitrogens with zero attached hydrogens (tertiary/aromatic N) is 3. The van der Waals surface area contributed by atoms with E-state index in [4.69, 9.17) is 14.2 Å². The number of amides is 1. The lowest BCUT2D eigenvalue weighted by Crippen LogP contribution is -2.44. The molecule has 0 unspecified atom stereocenters. The maximum Gasteiger partial charge on any atom is 0.410 e. The molecule has 9 heteroatoms. The Morgan fingerprint density at radius 2 is 1.89 bits per heavy atom. The number of rotatable bonds is 6. The lowest BCUT2D eigenvalue weighted by molar-refractivity contribution is 0.0210. The second kappa shape index (κ2) is 9.57. The Kier molecular flexibility index (Phi) is 7.42. The molecule has 2 rings (SSSR count). The Bertz CT molecular complexity index is 681. The monoisotopic (exact) mass is 394 g/mol. The van der Waals surface area contributed by atoms with Crippen LogP contribution < -0.4 is 10.1 Å². The summed E-state index contributed by atoms with van der Waals surface area (Å²) in [4.78, 5) is 34.4. The molecule has 1 saturated heterocycles. The van der Waals surface area contributed by atoms with Crippen molar-refractivity contribution in [3.8, 4) is 5.88 Å². The predicted molar refractivity (Wildman–Crippen MR) is 104 cm³/mol. The molecule has 156 valence electrons. The van der Waals surface area contributed by atoms with Crippen molar-refractivity contribution in [3.63, 3.8) is 0 Å². The number of aromatic nitrogens is 2. The van der Waals surface area contributed by atoms with Gasteiger partial charge in [-0.2, -0.15) is 4.98 Å². The van der Waals surface area contributed by atoms with E-state index in [0.29, 0.717) is 25.6 Å². The van der Waals surface area contributed by atoms with Gasteiger partial charge >= 0.3 is 12.1 Å². The van der Waals surface area contributed by atoms with Crippen LogP contribution in [0.15, 0.2) is 6.20 Å². The SMILES string of the molecule is CCOC(=O)c1cnc(NC2CCN(C(=O)OC(C)(C)C)CC2)nc1OCC. The maximum absolute atomic E-state index is 12.1. The van der Waals surface area contributed by atoms with Gasteiger partial charge in [0.25, 0.3) is 0 Å². The van der Waals surface area contributed by atoms with E-state index in [1.165, 1.54) is 6.20 Å². The summed E-state index contributed by atoms with van der Waals surface area (Å²) in [5, 5.41) is 3.25. The molecule has 0 aromatic carbocycles. The Labute approximate surface area is 165 Å². The van der Waals surface area contributed by atoms with E-state index in [-0.39, 0.29) is 30.2 Å². The zero-order valence-electron chi connectivity index (χ0n) is 17.3. The summed E-state index contributed by atoms with van der Waals surface area (Å²) >= 11 is 0. The number of piperidine rings is 1. The second-order valence-electron chi connectivity index (χ2n) is 7.45. The number of nitrogens with one attached hydrogen (secondary N) is 1. The Balaban J connectivity index is 1.96. The molecule has 0 saturated carbocycles. The highest BCUT2D eigenvalue weighted by molar-refractivity contribution is 5.91. The van der Waals surface area contributed by atoms with Crippen molar-refractivity contribution in [2.24, 2.45) is 0 Å². The molecule has 1 aromatic rings. The van der Waals surface area contributed by atoms with Crippen molar-refractivity contribution in [2.75, 3.05) is 31.6 Å². The van der Waals surface area contributed by atoms with Crippen LogP contribution in [0.2, 0.25) is 0 Å². The number of hydrogen-bond donors (Lipinski definition) is 1. The topological polar surface area (TPSA) is 103 Å². The van der Waals surface area contributed by atoms with E-state index in [9.17, 15) is 9.59 Å². The lowest BCUT2D eigenvalue weighted by atomic mass is 10.1. The molecule has 0 radical (unpaired) electrons. The summed E-state index contributed by atoms with van der Waals surface area (Å²) < 4.78 is 15.9. The largest absolute Gasteiger partial charge is 0.477 e. The smallest absolute Gasteiger partial charge is 0.410 e. The van der Waals surface area contributed by atoms with Gasteiger partial charge in [-0.3, -0.25) is 0 Å². The molecule has 0 atom stereocenters. The normalized spacial score (nSPS) is 15.1. The van der Waals surface area contributed by atoms with Gasteiger partial charge in [-0.1, -0.05) is 0 Å². The minimum absolute atomic E-state index is 0.113. The van der Waals surface area contributed by atoms with E-state index in [2.05, 4.69) is 15.3 Å². The van der Waals surface area contributed by atoms with Crippen LogP contribution in [0.1, 0.15) is 57.8 Å². The fourth-order valence-corrected chi connectivity index (χ4v) is 2.75. The van der Waals surface area contributed by atoms with Crippen molar-refractivity contribution >= 4 is 18.0 Å². The van der Waals surface area contributed by atoms with Crippen LogP contribution in [0.5, 0.6) is 5.88 Å². The summed E-state index contributed by atoms with van der Waals surface area (Å²) in [6, 6.07) is 0.113. The Morgan fingerprint density at radius 1 is 1.21 bits per heavy atom. The molecular weight excluding hydrogens is 364 g/mol. The van der Waals surface area contributed by atoms with E-state index >= 15 is 0 Å². The molecule has 1 aliphatic heterocycles. The van der Waals surface area contributed by atoms with Gasteiger partial charge in [0.05, 0.1) is 19.4 Å². The molecule has 0 bridgehead atoms. The fourth-order valence-electron chi connectivity index (χ4n) is 2.75. The number of anilines is 1. The van der Waals surface area contributed by atoms with Gasteiger partial charge in [-0.25, -0.2) is 14.6 Å². The number of hydrogen-bond acceptors (Lipinski definition) is 8. The minimum Gasteiger partial charge on any atom is -0.477 e. The summed E-state index contributed by atoms with van der Waals surface area (Å²) in [5.74, 6) is 0.0695. The second-order valence-corrected chi connectivity index (χ2v) is 7.45. The van der Waals surface area contributed by atoms with Crippen LogP contribution in [-0.2, 0) is 9.47 Å². The number of carbonyl (C=O) groups is 2. The highest BCUT2D eigenvalue weighted by Crippen LogP contribution is 2.21. The first-order chi connectivity index (χ1) is 13.2. The molecule has 1 aliphatic rings. The minimum atomic E-state index is -0.511. The molecule has 1 N–H and O–H groups in total. The third-order valence-corrected chi connectivity index (χ3v) is 4.01. The van der Waals surface area contributed by atoms with Crippen LogP contribution in [0, 0.1) is 0 Å². The molecule has 1 aromatic heterocycles. The van der Waals surface area contributed by atoms with Crippen molar-refractivity contribution in [1.82, 2.24) is 14.9 Å². The zero-order valence-corrected chi connectivity index (χ0v) is 17.3. The summed E-state index contributed by atoms with van der Waals surface area (Å²) in [6.45, 7) is 10.9. The van der Waals surface area contributed by atoms with Crippen molar-refractivity contribution < 1.29 is 23.8 Å². The van der Waals surface area contributed by atoms with Gasteiger partial charge in [0.15, 0.2) is 0 Å². The average Bonchev–Trinajstić information content (AvgIpc) is 2.61. The summed E-state index contributed by atoms with van der Waals surface area (Å²) in [5.41, 5.74) is -0.301. The van der Waals surface area contributed by atoms with Crippen LogP contribution >= 0.6 is 0 Å². The molecule has 2 heterocycles. The quantitative estimate of drug-likeness (QED) is 0.735. The van der Waals surface area contributed by atoms with Gasteiger partial charge in [0.1, 0.15) is 11.2 Å². The first-order valence-corrected chi connectivity index (χ1v) is 9.65. The number of ether oxygens (including phenoxy) is 3. The Morgan fingerprint density at radius 3 is 2.46 bits per heavy atom. The van der Waals surface area contributed by atoms with Crippen LogP contribution in [0.4, 0.5) is 10.7 Å². The molecule has 1 amide bonds. The lowest BCUT2D eigenvalue weighted by Gasteiger charge is -2.33. The third kappa shape index (κ3) is 6.24. The van der Waals surface area contributed by atoms with E-state index < -0.39 is 11.6 Å². The molecule has 28 heavy (non-hydrogen) atoms. The highest BCUT2D eigenvalue weighted by atomic mass is 16.6. The Hall–Kier alpha value is -2.58. The van der Waals surface area contributed by atoms with E-state index in [1.807, 2.05) is 27.7 Å². The highest BCUT2D eigenvalue weighted by Gasteiger charge is 2.27. The van der Waals surface area contributed by atoms with Gasteiger partial charge in [0.2, 0.25) is 11.8 Å². The maximum atomic E-state index is 12.1. The molecule has 0 spiro atoms. The molecule has 0 aliphatic carbocycles. The van der Waals surface area contributed by atoms with E-state index in [1.54, 1.807) is 11.8 Å². The van der Waals surface area contributed by atoms with Gasteiger partial charge < -0.3 is 24.4 Å². The van der Waals surface area contributed by atoms with Crippen molar-refractivity contribution in [2.45, 2.75) is 59.1 Å². The molecular formula is C19H30N4O5. The standard InChI is InChI=1S/C19H30N4O5/c1-6-26-15-14(16(24)27-7-2)12-20-17(22-15)21-13-8-10-23(11-9-13)18(25)28-19(3,4)5/h12-13H,6-11H2,1-5H3,(H,20,21,22). The average molecular weight is 394 g/mol. The fraction of sp³-hybridized carbons (Fsp3) is 0.684. The third-order valence-electron chi connectivity index (χ3n) is 4.01. The van der Waals surface area contributed by atoms with Crippen LogP contribution in [-0.4, -0.2) is 64.9 Å². The molecule has 9 nitrogen and oxygen atoms in total. The molecule has 1 fully saturated rings. The zero-order chi connectivity index (χ0) is 20.7. The van der Waals surface area contributed by atoms with Gasteiger partial charge in [0, 0.05) is 19.1 Å². The summed E-state index contributed by atoms with van der Waals surface area (Å²) in [6.07, 6.45) is 2.60. The predicted octanol–water partition coefficient (Wildman–Crippen LogP) is 2.86. The van der Waals surface area contributed by atoms with Crippen LogP contribution in [0.25, 0.3) is 0 Å². The van der Waals surface area contributed by atoms with Crippen LogP contribution in [0.3, 0.4) is 0 Å². The number of carbonyl (C=O) groups excluding carboxylic acids is 2. The van der Waals surface area contributed by atoms with Crippen molar-refractivity contribution in [1.29, 1.82) is 0 Å². The first-order valence-electron chi connectivity index (χ1n) is 9.65. The summed E-state index contributed by atoms with van der Waals surface area (Å²) in [7, 11) is 0. The van der Waals surface area contributed by atoms with Gasteiger partial charge in [-0.05, 0) is 47.5 Å². The van der Waals surface area contributed by atoms with E-state index in [0.717, 1.165) is 12.8 Å². The number of esters is 1. The van der Waals surface area contributed by atoms with Gasteiger partial charge in [-0.15, -0.1) is 0 Å².